The highest BCUT2D eigenvalue weighted by atomic mass is 35.5. The average molecular weight is 311 g/mol. The van der Waals surface area contributed by atoms with Crippen molar-refractivity contribution in [1.82, 2.24) is 4.90 Å². The monoisotopic (exact) mass is 310 g/mol. The second-order valence-corrected chi connectivity index (χ2v) is 5.15. The molecule has 0 saturated heterocycles. The lowest BCUT2D eigenvalue weighted by Gasteiger charge is -2.17. The second-order valence-electron chi connectivity index (χ2n) is 4.74. The lowest BCUT2D eigenvalue weighted by atomic mass is 10.3. The van der Waals surface area contributed by atoms with Gasteiger partial charge >= 0.3 is 0 Å². The first-order valence-electron chi connectivity index (χ1n) is 6.44. The Balaban J connectivity index is 1.89. The number of hydrogen-bond acceptors (Lipinski definition) is 3. The fourth-order valence-electron chi connectivity index (χ4n) is 1.83. The molecule has 2 rings (SSSR count). The van der Waals surface area contributed by atoms with Crippen molar-refractivity contribution < 1.29 is 13.6 Å². The normalized spacial score (nSPS) is 10.5. The lowest BCUT2D eigenvalue weighted by Crippen LogP contribution is -2.31. The van der Waals surface area contributed by atoms with Gasteiger partial charge in [0.2, 0.25) is 5.91 Å². The van der Waals surface area contributed by atoms with Gasteiger partial charge in [0.15, 0.2) is 0 Å². The van der Waals surface area contributed by atoms with Crippen molar-refractivity contribution in [2.24, 2.45) is 0 Å². The largest absolute Gasteiger partial charge is 0.464 e. The van der Waals surface area contributed by atoms with E-state index in [1.54, 1.807) is 11.9 Å². The zero-order valence-corrected chi connectivity index (χ0v) is 12.6. The van der Waals surface area contributed by atoms with Gasteiger partial charge in [-0.1, -0.05) is 11.6 Å². The van der Waals surface area contributed by atoms with E-state index in [1.807, 2.05) is 19.1 Å². The van der Waals surface area contributed by atoms with E-state index in [4.69, 9.17) is 16.0 Å². The van der Waals surface area contributed by atoms with Crippen molar-refractivity contribution in [3.63, 3.8) is 0 Å². The van der Waals surface area contributed by atoms with Crippen LogP contribution in [0.4, 0.5) is 10.1 Å². The van der Waals surface area contributed by atoms with Crippen LogP contribution >= 0.6 is 11.6 Å². The molecule has 1 aromatic heterocycles. The summed E-state index contributed by atoms with van der Waals surface area (Å²) in [7, 11) is 1.69. The standard InChI is InChI=1S/C15H16ClFN2O2/c1-10-3-5-12(21-10)9-19(2)15(20)8-18-14-6-4-11(17)7-13(14)16/h3-7,18H,8-9H2,1-2H3. The third-order valence-corrected chi connectivity index (χ3v) is 3.29. The van der Waals surface area contributed by atoms with Gasteiger partial charge in [-0.25, -0.2) is 4.39 Å². The van der Waals surface area contributed by atoms with E-state index in [2.05, 4.69) is 5.32 Å². The highest BCUT2D eigenvalue weighted by Gasteiger charge is 2.12. The molecule has 0 aliphatic heterocycles. The number of carbonyl (C=O) groups excluding carboxylic acids is 1. The number of furan rings is 1. The summed E-state index contributed by atoms with van der Waals surface area (Å²) in [6, 6.07) is 7.67. The Labute approximate surface area is 127 Å². The number of nitrogens with one attached hydrogen (secondary N) is 1. The van der Waals surface area contributed by atoms with Gasteiger partial charge in [0.05, 0.1) is 23.8 Å². The highest BCUT2D eigenvalue weighted by Crippen LogP contribution is 2.22. The summed E-state index contributed by atoms with van der Waals surface area (Å²) in [6.45, 7) is 2.32. The van der Waals surface area contributed by atoms with Crippen LogP contribution in [0.2, 0.25) is 5.02 Å². The molecule has 0 saturated carbocycles. The third kappa shape index (κ3) is 4.23. The van der Waals surface area contributed by atoms with E-state index in [0.717, 1.165) is 11.5 Å². The van der Waals surface area contributed by atoms with E-state index < -0.39 is 5.82 Å². The number of hydrogen-bond donors (Lipinski definition) is 1. The summed E-state index contributed by atoms with van der Waals surface area (Å²) in [5.41, 5.74) is 0.522. The molecule has 112 valence electrons. The van der Waals surface area contributed by atoms with E-state index >= 15 is 0 Å². The minimum absolute atomic E-state index is 0.0710. The average Bonchev–Trinajstić information content (AvgIpc) is 2.82. The molecule has 1 aromatic carbocycles. The van der Waals surface area contributed by atoms with Crippen LogP contribution in [-0.2, 0) is 11.3 Å². The van der Waals surface area contributed by atoms with Gasteiger partial charge in [0.1, 0.15) is 17.3 Å². The predicted octanol–water partition coefficient (Wildman–Crippen LogP) is 3.45. The van der Waals surface area contributed by atoms with Crippen LogP contribution in [0, 0.1) is 12.7 Å². The molecule has 1 N–H and O–H groups in total. The summed E-state index contributed by atoms with van der Waals surface area (Å²) in [5.74, 6) is 0.997. The zero-order chi connectivity index (χ0) is 15.4. The Morgan fingerprint density at radius 2 is 2.14 bits per heavy atom. The van der Waals surface area contributed by atoms with Crippen LogP contribution in [0.15, 0.2) is 34.7 Å². The summed E-state index contributed by atoms with van der Waals surface area (Å²) in [5, 5.41) is 3.13. The zero-order valence-electron chi connectivity index (χ0n) is 11.8. The maximum absolute atomic E-state index is 12.9. The van der Waals surface area contributed by atoms with Gasteiger partial charge in [-0.05, 0) is 37.3 Å². The van der Waals surface area contributed by atoms with Crippen LogP contribution in [0.25, 0.3) is 0 Å². The van der Waals surface area contributed by atoms with Crippen molar-refractivity contribution in [2.45, 2.75) is 13.5 Å². The molecule has 0 unspecified atom stereocenters. The van der Waals surface area contributed by atoms with E-state index in [1.165, 1.54) is 18.2 Å². The number of likely N-dealkylation sites (N-methyl/N-ethyl adjacent to an activating group) is 1. The van der Waals surface area contributed by atoms with Crippen molar-refractivity contribution in [3.8, 4) is 0 Å². The molecule has 2 aromatic rings. The summed E-state index contributed by atoms with van der Waals surface area (Å²) in [6.07, 6.45) is 0. The number of halogens is 2. The van der Waals surface area contributed by atoms with Crippen LogP contribution in [0.1, 0.15) is 11.5 Å². The molecular formula is C15H16ClFN2O2. The number of amides is 1. The number of aryl methyl sites for hydroxylation is 1. The first kappa shape index (κ1) is 15.4. The highest BCUT2D eigenvalue weighted by molar-refractivity contribution is 6.33. The molecule has 0 aliphatic rings. The van der Waals surface area contributed by atoms with Gasteiger partial charge in [-0.15, -0.1) is 0 Å². The van der Waals surface area contributed by atoms with Gasteiger partial charge in [0, 0.05) is 7.05 Å². The number of anilines is 1. The van der Waals surface area contributed by atoms with Crippen molar-refractivity contribution in [3.05, 3.63) is 52.7 Å². The van der Waals surface area contributed by atoms with Crippen LogP contribution < -0.4 is 5.32 Å². The van der Waals surface area contributed by atoms with Gasteiger partial charge in [0.25, 0.3) is 0 Å². The quantitative estimate of drug-likeness (QED) is 0.920. The molecule has 1 heterocycles. The third-order valence-electron chi connectivity index (χ3n) is 2.98. The molecule has 1 amide bonds. The molecule has 0 aliphatic carbocycles. The Morgan fingerprint density at radius 1 is 1.38 bits per heavy atom. The molecule has 0 bridgehead atoms. The van der Waals surface area contributed by atoms with E-state index in [0.29, 0.717) is 12.2 Å². The van der Waals surface area contributed by atoms with Crippen molar-refractivity contribution >= 4 is 23.2 Å². The fraction of sp³-hybridized carbons (Fsp3) is 0.267. The minimum Gasteiger partial charge on any atom is -0.464 e. The van der Waals surface area contributed by atoms with E-state index in [9.17, 15) is 9.18 Å². The Hall–Kier alpha value is -2.01. The Morgan fingerprint density at radius 3 is 2.76 bits per heavy atom. The molecular weight excluding hydrogens is 295 g/mol. The van der Waals surface area contributed by atoms with Gasteiger partial charge in [-0.2, -0.15) is 0 Å². The fourth-order valence-corrected chi connectivity index (χ4v) is 2.06. The number of benzene rings is 1. The summed E-state index contributed by atoms with van der Waals surface area (Å²) < 4.78 is 18.3. The molecule has 0 radical (unpaired) electrons. The number of carbonyl (C=O) groups is 1. The Bertz CT molecular complexity index is 642. The predicted molar refractivity (Wildman–Crippen MR) is 79.8 cm³/mol. The van der Waals surface area contributed by atoms with Crippen LogP contribution in [-0.4, -0.2) is 24.4 Å². The first-order chi connectivity index (χ1) is 9.95. The molecule has 0 spiro atoms. The topological polar surface area (TPSA) is 45.5 Å². The van der Waals surface area contributed by atoms with E-state index in [-0.39, 0.29) is 17.5 Å². The number of rotatable bonds is 5. The van der Waals surface area contributed by atoms with Gasteiger partial charge in [-0.3, -0.25) is 4.79 Å². The molecule has 21 heavy (non-hydrogen) atoms. The molecule has 0 fully saturated rings. The maximum Gasteiger partial charge on any atom is 0.242 e. The first-order valence-corrected chi connectivity index (χ1v) is 6.81. The maximum atomic E-state index is 12.9. The summed E-state index contributed by atoms with van der Waals surface area (Å²) >= 11 is 5.88. The molecule has 0 atom stereocenters. The van der Waals surface area contributed by atoms with Crippen LogP contribution in [0.3, 0.4) is 0 Å². The lowest BCUT2D eigenvalue weighted by molar-refractivity contribution is -0.128. The van der Waals surface area contributed by atoms with Gasteiger partial charge < -0.3 is 14.6 Å². The van der Waals surface area contributed by atoms with Crippen LogP contribution in [0.5, 0.6) is 0 Å². The Kier molecular flexibility index (Phi) is 4.85. The minimum atomic E-state index is -0.415. The second kappa shape index (κ2) is 6.63. The van der Waals surface area contributed by atoms with Crippen molar-refractivity contribution in [2.75, 3.05) is 18.9 Å². The molecule has 6 heteroatoms. The molecule has 4 nitrogen and oxygen atoms in total. The smallest absolute Gasteiger partial charge is 0.242 e. The summed E-state index contributed by atoms with van der Waals surface area (Å²) in [4.78, 5) is 13.6. The SMILES string of the molecule is Cc1ccc(CN(C)C(=O)CNc2ccc(F)cc2Cl)o1. The van der Waals surface area contributed by atoms with Crippen molar-refractivity contribution in [1.29, 1.82) is 0 Å². The number of nitrogens with zero attached hydrogens (tertiary/aromatic N) is 1.